The monoisotopic (exact) mass is 319 g/mol. The van der Waals surface area contributed by atoms with E-state index in [4.69, 9.17) is 5.73 Å². The van der Waals surface area contributed by atoms with Gasteiger partial charge in [0.15, 0.2) is 0 Å². The Kier molecular flexibility index (Phi) is 4.06. The molecule has 0 bridgehead atoms. The number of carbonyl (C=O) groups excluding carboxylic acids is 2. The molecular weight excluding hydrogens is 298 g/mol. The molecule has 8 heteroatoms. The number of H-pyrrole nitrogens is 1. The van der Waals surface area contributed by atoms with Crippen LogP contribution in [0.5, 0.6) is 0 Å². The second-order valence-electron chi connectivity index (χ2n) is 6.09. The lowest BCUT2D eigenvalue weighted by Crippen LogP contribution is -2.50. The maximum atomic E-state index is 12.7. The third-order valence-corrected chi connectivity index (χ3v) is 4.60. The number of hydrogen-bond acceptors (Lipinski definition) is 4. The second kappa shape index (κ2) is 6.02. The van der Waals surface area contributed by atoms with Gasteiger partial charge in [-0.15, -0.1) is 0 Å². The first-order valence-electron chi connectivity index (χ1n) is 7.91. The molecule has 3 N–H and O–H groups in total. The van der Waals surface area contributed by atoms with Gasteiger partial charge in [0.25, 0.3) is 5.56 Å². The Balaban J connectivity index is 1.77. The number of likely N-dealkylation sites (tertiary alicyclic amines) is 1. The van der Waals surface area contributed by atoms with Gasteiger partial charge in [0, 0.05) is 31.6 Å². The number of aromatic nitrogens is 2. The second-order valence-corrected chi connectivity index (χ2v) is 6.09. The summed E-state index contributed by atoms with van der Waals surface area (Å²) in [4.78, 5) is 46.5. The molecule has 1 atom stereocenters. The molecule has 0 radical (unpaired) electrons. The van der Waals surface area contributed by atoms with Crippen LogP contribution in [-0.2, 0) is 17.6 Å². The minimum atomic E-state index is -0.548. The normalized spacial score (nSPS) is 21.0. The van der Waals surface area contributed by atoms with E-state index in [9.17, 15) is 14.4 Å². The molecule has 124 valence electrons. The summed E-state index contributed by atoms with van der Waals surface area (Å²) in [6, 6.07) is -1.02. The molecular formula is C15H21N5O3. The van der Waals surface area contributed by atoms with Crippen molar-refractivity contribution in [3.8, 4) is 0 Å². The van der Waals surface area contributed by atoms with E-state index in [0.29, 0.717) is 50.3 Å². The van der Waals surface area contributed by atoms with Crippen molar-refractivity contribution in [3.05, 3.63) is 27.4 Å². The molecule has 1 aromatic rings. The van der Waals surface area contributed by atoms with E-state index < -0.39 is 12.1 Å². The number of nitrogens with one attached hydrogen (secondary N) is 1. The number of urea groups is 1. The number of nitrogens with two attached hydrogens (primary N) is 1. The van der Waals surface area contributed by atoms with E-state index in [1.807, 2.05) is 0 Å². The fourth-order valence-electron chi connectivity index (χ4n) is 3.45. The zero-order chi connectivity index (χ0) is 16.6. The van der Waals surface area contributed by atoms with Crippen LogP contribution in [0.2, 0.25) is 0 Å². The summed E-state index contributed by atoms with van der Waals surface area (Å²) in [5.41, 5.74) is 6.65. The minimum absolute atomic E-state index is 0.0812. The SMILES string of the molecule is Cc1nc2c(c(=O)[nH]1)CCN(C(=O)[C@@H]1CCCN1C(N)=O)CC2. The molecule has 2 aliphatic heterocycles. The zero-order valence-corrected chi connectivity index (χ0v) is 13.2. The molecule has 1 fully saturated rings. The van der Waals surface area contributed by atoms with Crippen molar-refractivity contribution in [1.82, 2.24) is 19.8 Å². The molecule has 3 heterocycles. The van der Waals surface area contributed by atoms with Crippen molar-refractivity contribution in [2.45, 2.75) is 38.6 Å². The number of nitrogens with zero attached hydrogens (tertiary/aromatic N) is 3. The number of aromatic amines is 1. The zero-order valence-electron chi connectivity index (χ0n) is 13.2. The van der Waals surface area contributed by atoms with Crippen LogP contribution in [0.3, 0.4) is 0 Å². The topological polar surface area (TPSA) is 112 Å². The van der Waals surface area contributed by atoms with Crippen molar-refractivity contribution in [2.24, 2.45) is 5.73 Å². The molecule has 2 aliphatic rings. The van der Waals surface area contributed by atoms with Gasteiger partial charge in [0.05, 0.1) is 5.69 Å². The summed E-state index contributed by atoms with van der Waals surface area (Å²) >= 11 is 0. The molecule has 0 aliphatic carbocycles. The molecule has 1 aromatic heterocycles. The first-order chi connectivity index (χ1) is 11.0. The fourth-order valence-corrected chi connectivity index (χ4v) is 3.45. The number of carbonyl (C=O) groups is 2. The first-order valence-corrected chi connectivity index (χ1v) is 7.91. The van der Waals surface area contributed by atoms with Crippen LogP contribution < -0.4 is 11.3 Å². The molecule has 1 saturated heterocycles. The van der Waals surface area contributed by atoms with E-state index in [2.05, 4.69) is 9.97 Å². The lowest BCUT2D eigenvalue weighted by molar-refractivity contribution is -0.135. The fraction of sp³-hybridized carbons (Fsp3) is 0.600. The summed E-state index contributed by atoms with van der Waals surface area (Å²) in [7, 11) is 0. The van der Waals surface area contributed by atoms with Gasteiger partial charge < -0.3 is 20.5 Å². The van der Waals surface area contributed by atoms with Crippen molar-refractivity contribution in [2.75, 3.05) is 19.6 Å². The maximum absolute atomic E-state index is 12.7. The van der Waals surface area contributed by atoms with E-state index in [1.165, 1.54) is 4.90 Å². The summed E-state index contributed by atoms with van der Waals surface area (Å²) < 4.78 is 0. The number of fused-ring (bicyclic) bond motifs is 1. The molecule has 0 unspecified atom stereocenters. The minimum Gasteiger partial charge on any atom is -0.351 e. The largest absolute Gasteiger partial charge is 0.351 e. The predicted molar refractivity (Wildman–Crippen MR) is 82.9 cm³/mol. The molecule has 8 nitrogen and oxygen atoms in total. The highest BCUT2D eigenvalue weighted by Crippen LogP contribution is 2.20. The lowest BCUT2D eigenvalue weighted by Gasteiger charge is -2.28. The van der Waals surface area contributed by atoms with Gasteiger partial charge in [-0.1, -0.05) is 0 Å². The number of primary amides is 1. The van der Waals surface area contributed by atoms with Crippen molar-refractivity contribution in [1.29, 1.82) is 0 Å². The molecule has 0 aromatic carbocycles. The number of rotatable bonds is 1. The Morgan fingerprint density at radius 1 is 1.26 bits per heavy atom. The number of amides is 3. The molecule has 0 spiro atoms. The van der Waals surface area contributed by atoms with Gasteiger partial charge in [0.2, 0.25) is 5.91 Å². The van der Waals surface area contributed by atoms with Crippen LogP contribution in [-0.4, -0.2) is 57.4 Å². The lowest BCUT2D eigenvalue weighted by atomic mass is 10.1. The Bertz CT molecular complexity index is 699. The van der Waals surface area contributed by atoms with E-state index in [-0.39, 0.29) is 11.5 Å². The molecule has 23 heavy (non-hydrogen) atoms. The van der Waals surface area contributed by atoms with E-state index in [1.54, 1.807) is 11.8 Å². The van der Waals surface area contributed by atoms with Crippen LogP contribution in [0.25, 0.3) is 0 Å². The highest BCUT2D eigenvalue weighted by Gasteiger charge is 2.36. The Morgan fingerprint density at radius 3 is 2.74 bits per heavy atom. The van der Waals surface area contributed by atoms with Crippen LogP contribution in [0.1, 0.15) is 29.9 Å². The summed E-state index contributed by atoms with van der Waals surface area (Å²) in [6.45, 7) is 3.24. The average molecular weight is 319 g/mol. The Hall–Kier alpha value is -2.38. The highest BCUT2D eigenvalue weighted by atomic mass is 16.2. The standard InChI is InChI=1S/C15H21N5O3/c1-9-17-11-5-8-19(7-4-10(11)13(21)18-9)14(22)12-3-2-6-20(12)15(16)23/h12H,2-8H2,1H3,(H2,16,23)(H,17,18,21)/t12-/m0/s1. The summed E-state index contributed by atoms with van der Waals surface area (Å²) in [6.07, 6.45) is 2.46. The highest BCUT2D eigenvalue weighted by molar-refractivity contribution is 5.87. The predicted octanol–water partition coefficient (Wildman–Crippen LogP) is -0.451. The Morgan fingerprint density at radius 2 is 2.00 bits per heavy atom. The van der Waals surface area contributed by atoms with Crippen molar-refractivity contribution in [3.63, 3.8) is 0 Å². The van der Waals surface area contributed by atoms with Gasteiger partial charge in [0.1, 0.15) is 11.9 Å². The third kappa shape index (κ3) is 2.93. The molecule has 3 rings (SSSR count). The Labute approximate surface area is 133 Å². The van der Waals surface area contributed by atoms with Gasteiger partial charge >= 0.3 is 6.03 Å². The van der Waals surface area contributed by atoms with Crippen molar-refractivity contribution < 1.29 is 9.59 Å². The van der Waals surface area contributed by atoms with Gasteiger partial charge in [-0.05, 0) is 26.2 Å². The van der Waals surface area contributed by atoms with Crippen molar-refractivity contribution >= 4 is 11.9 Å². The summed E-state index contributed by atoms with van der Waals surface area (Å²) in [5, 5.41) is 0. The smallest absolute Gasteiger partial charge is 0.315 e. The number of hydrogen-bond donors (Lipinski definition) is 2. The molecule has 3 amide bonds. The van der Waals surface area contributed by atoms with E-state index >= 15 is 0 Å². The van der Waals surface area contributed by atoms with Gasteiger partial charge in [-0.3, -0.25) is 9.59 Å². The molecule has 0 saturated carbocycles. The van der Waals surface area contributed by atoms with Crippen LogP contribution in [0, 0.1) is 6.92 Å². The van der Waals surface area contributed by atoms with Crippen LogP contribution >= 0.6 is 0 Å². The number of aryl methyl sites for hydroxylation is 1. The summed E-state index contributed by atoms with van der Waals surface area (Å²) in [5.74, 6) is 0.506. The average Bonchev–Trinajstić information content (AvgIpc) is 2.88. The van der Waals surface area contributed by atoms with Gasteiger partial charge in [-0.25, -0.2) is 9.78 Å². The first kappa shape index (κ1) is 15.5. The quantitative estimate of drug-likeness (QED) is 0.730. The van der Waals surface area contributed by atoms with Crippen LogP contribution in [0.15, 0.2) is 4.79 Å². The maximum Gasteiger partial charge on any atom is 0.315 e. The van der Waals surface area contributed by atoms with E-state index in [0.717, 1.165) is 12.1 Å². The third-order valence-electron chi connectivity index (χ3n) is 4.60. The van der Waals surface area contributed by atoms with Crippen LogP contribution in [0.4, 0.5) is 4.79 Å². The van der Waals surface area contributed by atoms with Gasteiger partial charge in [-0.2, -0.15) is 0 Å².